The molecule has 2 rings (SSSR count). The lowest BCUT2D eigenvalue weighted by Crippen LogP contribution is -2.37. The second-order valence-electron chi connectivity index (χ2n) is 4.06. The van der Waals surface area contributed by atoms with Crippen LogP contribution in [0.3, 0.4) is 0 Å². The van der Waals surface area contributed by atoms with Gasteiger partial charge in [0, 0.05) is 25.7 Å². The Morgan fingerprint density at radius 1 is 1.29 bits per heavy atom. The molecule has 0 aromatic rings. The number of hydrogen-bond donors (Lipinski definition) is 0. The number of alkyl halides is 1. The van der Waals surface area contributed by atoms with Crippen LogP contribution in [-0.4, -0.2) is 43.3 Å². The van der Waals surface area contributed by atoms with E-state index >= 15 is 0 Å². The van der Waals surface area contributed by atoms with E-state index in [1.807, 2.05) is 0 Å². The Morgan fingerprint density at radius 2 is 2.00 bits per heavy atom. The van der Waals surface area contributed by atoms with Gasteiger partial charge in [-0.05, 0) is 19.3 Å². The quantitative estimate of drug-likeness (QED) is 0.633. The number of ether oxygens (including phenoxy) is 1. The summed E-state index contributed by atoms with van der Waals surface area (Å²) in [6.07, 6.45) is 1.30. The number of carbonyl (C=O) groups excluding carboxylic acids is 1. The molecule has 2 aliphatic heterocycles. The van der Waals surface area contributed by atoms with Gasteiger partial charge in [-0.3, -0.25) is 4.79 Å². The molecule has 1 atom stereocenters. The first-order valence-electron chi connectivity index (χ1n) is 5.28. The molecule has 0 saturated carbocycles. The van der Waals surface area contributed by atoms with Gasteiger partial charge >= 0.3 is 0 Å². The minimum atomic E-state index is -0.807. The van der Waals surface area contributed by atoms with Gasteiger partial charge in [0.25, 0.3) is 0 Å². The topological polar surface area (TPSA) is 29.5 Å². The second kappa shape index (κ2) is 4.26. The van der Waals surface area contributed by atoms with Crippen LogP contribution in [0.4, 0.5) is 4.39 Å². The van der Waals surface area contributed by atoms with E-state index in [9.17, 15) is 9.18 Å². The predicted molar refractivity (Wildman–Crippen MR) is 49.6 cm³/mol. The van der Waals surface area contributed by atoms with Crippen molar-refractivity contribution in [2.75, 3.05) is 26.3 Å². The summed E-state index contributed by atoms with van der Waals surface area (Å²) in [5.41, 5.74) is 0. The van der Waals surface area contributed by atoms with Gasteiger partial charge in [0.2, 0.25) is 5.91 Å². The third kappa shape index (κ3) is 2.05. The smallest absolute Gasteiger partial charge is 0.225 e. The van der Waals surface area contributed by atoms with E-state index in [-0.39, 0.29) is 11.8 Å². The summed E-state index contributed by atoms with van der Waals surface area (Å²) >= 11 is 0. The lowest BCUT2D eigenvalue weighted by atomic mass is 9.99. The van der Waals surface area contributed by atoms with Gasteiger partial charge in [0.05, 0.1) is 6.54 Å². The number of amides is 1. The van der Waals surface area contributed by atoms with Gasteiger partial charge in [0.15, 0.2) is 0 Å². The van der Waals surface area contributed by atoms with Crippen LogP contribution < -0.4 is 0 Å². The molecule has 2 aliphatic rings. The molecule has 14 heavy (non-hydrogen) atoms. The third-order valence-electron chi connectivity index (χ3n) is 3.01. The fourth-order valence-corrected chi connectivity index (χ4v) is 2.12. The van der Waals surface area contributed by atoms with E-state index in [0.29, 0.717) is 32.7 Å². The van der Waals surface area contributed by atoms with Crippen molar-refractivity contribution in [2.24, 2.45) is 5.92 Å². The first kappa shape index (κ1) is 9.90. The van der Waals surface area contributed by atoms with Gasteiger partial charge < -0.3 is 9.64 Å². The lowest BCUT2D eigenvalue weighted by molar-refractivity contribution is -0.137. The average molecular weight is 201 g/mol. The number of likely N-dealkylation sites (tertiary alicyclic amines) is 1. The van der Waals surface area contributed by atoms with Crippen molar-refractivity contribution in [3.63, 3.8) is 0 Å². The number of rotatable bonds is 1. The zero-order valence-electron chi connectivity index (χ0n) is 8.25. The molecule has 80 valence electrons. The van der Waals surface area contributed by atoms with Crippen molar-refractivity contribution in [2.45, 2.75) is 25.4 Å². The molecular formula is C10H16FNO2. The largest absolute Gasteiger partial charge is 0.381 e. The molecule has 2 fully saturated rings. The highest BCUT2D eigenvalue weighted by Gasteiger charge is 2.31. The van der Waals surface area contributed by atoms with E-state index in [1.165, 1.54) is 0 Å². The zero-order chi connectivity index (χ0) is 9.97. The Bertz CT molecular complexity index is 209. The summed E-state index contributed by atoms with van der Waals surface area (Å²) in [6.45, 7) is 2.24. The molecule has 0 bridgehead atoms. The fraction of sp³-hybridized carbons (Fsp3) is 0.900. The maximum atomic E-state index is 12.9. The maximum absolute atomic E-state index is 12.9. The summed E-state index contributed by atoms with van der Waals surface area (Å²) < 4.78 is 18.1. The Morgan fingerprint density at radius 3 is 2.57 bits per heavy atom. The Labute approximate surface area is 83.2 Å². The van der Waals surface area contributed by atoms with E-state index in [2.05, 4.69) is 0 Å². The Kier molecular flexibility index (Phi) is 3.01. The van der Waals surface area contributed by atoms with Crippen molar-refractivity contribution >= 4 is 5.91 Å². The van der Waals surface area contributed by atoms with E-state index in [4.69, 9.17) is 4.74 Å². The minimum Gasteiger partial charge on any atom is -0.381 e. The van der Waals surface area contributed by atoms with Crippen molar-refractivity contribution in [3.05, 3.63) is 0 Å². The summed E-state index contributed by atoms with van der Waals surface area (Å²) in [7, 11) is 0. The minimum absolute atomic E-state index is 0.0778. The van der Waals surface area contributed by atoms with Crippen molar-refractivity contribution in [3.8, 4) is 0 Å². The molecule has 2 heterocycles. The molecule has 4 heteroatoms. The number of carbonyl (C=O) groups is 1. The van der Waals surface area contributed by atoms with Gasteiger partial charge in [0.1, 0.15) is 6.17 Å². The van der Waals surface area contributed by atoms with Crippen molar-refractivity contribution in [1.82, 2.24) is 4.90 Å². The monoisotopic (exact) mass is 201 g/mol. The molecule has 0 unspecified atom stereocenters. The molecular weight excluding hydrogens is 185 g/mol. The first-order valence-corrected chi connectivity index (χ1v) is 5.28. The SMILES string of the molecule is O=C(C1CCOCC1)N1CC[C@@H](F)C1. The van der Waals surface area contributed by atoms with Gasteiger partial charge in [-0.2, -0.15) is 0 Å². The molecule has 0 aromatic carbocycles. The molecule has 3 nitrogen and oxygen atoms in total. The number of nitrogens with zero attached hydrogens (tertiary/aromatic N) is 1. The zero-order valence-corrected chi connectivity index (χ0v) is 8.25. The van der Waals surface area contributed by atoms with Crippen LogP contribution in [0, 0.1) is 5.92 Å². The van der Waals surface area contributed by atoms with E-state index < -0.39 is 6.17 Å². The van der Waals surface area contributed by atoms with Crippen LogP contribution in [0.15, 0.2) is 0 Å². The van der Waals surface area contributed by atoms with E-state index in [0.717, 1.165) is 12.8 Å². The predicted octanol–water partition coefficient (Wildman–Crippen LogP) is 0.983. The summed E-state index contributed by atoms with van der Waals surface area (Å²) in [4.78, 5) is 13.5. The van der Waals surface area contributed by atoms with Crippen LogP contribution in [0.25, 0.3) is 0 Å². The first-order chi connectivity index (χ1) is 6.77. The van der Waals surface area contributed by atoms with Gasteiger partial charge in [-0.15, -0.1) is 0 Å². The molecule has 0 radical (unpaired) electrons. The molecule has 0 spiro atoms. The average Bonchev–Trinajstić information content (AvgIpc) is 2.65. The van der Waals surface area contributed by atoms with Crippen LogP contribution >= 0.6 is 0 Å². The van der Waals surface area contributed by atoms with E-state index in [1.54, 1.807) is 4.90 Å². The standard InChI is InChI=1S/C10H16FNO2/c11-9-1-4-12(7-9)10(13)8-2-5-14-6-3-8/h8-9H,1-7H2/t9-/m1/s1. The molecule has 2 saturated heterocycles. The van der Waals surface area contributed by atoms with Crippen molar-refractivity contribution < 1.29 is 13.9 Å². The van der Waals surface area contributed by atoms with Crippen LogP contribution in [0.5, 0.6) is 0 Å². The van der Waals surface area contributed by atoms with Crippen LogP contribution in [0.2, 0.25) is 0 Å². The molecule has 1 amide bonds. The maximum Gasteiger partial charge on any atom is 0.225 e. The van der Waals surface area contributed by atoms with Crippen molar-refractivity contribution in [1.29, 1.82) is 0 Å². The highest BCUT2D eigenvalue weighted by atomic mass is 19.1. The normalized spacial score (nSPS) is 29.5. The second-order valence-corrected chi connectivity index (χ2v) is 4.06. The Balaban J connectivity index is 1.87. The van der Waals surface area contributed by atoms with Crippen LogP contribution in [-0.2, 0) is 9.53 Å². The highest BCUT2D eigenvalue weighted by Crippen LogP contribution is 2.21. The summed E-state index contributed by atoms with van der Waals surface area (Å²) in [6, 6.07) is 0. The fourth-order valence-electron chi connectivity index (χ4n) is 2.12. The summed E-state index contributed by atoms with van der Waals surface area (Å²) in [5, 5.41) is 0. The molecule has 0 N–H and O–H groups in total. The van der Waals surface area contributed by atoms with Gasteiger partial charge in [-0.1, -0.05) is 0 Å². The van der Waals surface area contributed by atoms with Crippen LogP contribution in [0.1, 0.15) is 19.3 Å². The third-order valence-corrected chi connectivity index (χ3v) is 3.01. The summed E-state index contributed by atoms with van der Waals surface area (Å²) in [5.74, 6) is 0.211. The molecule has 0 aromatic heterocycles. The highest BCUT2D eigenvalue weighted by molar-refractivity contribution is 5.79. The van der Waals surface area contributed by atoms with Gasteiger partial charge in [-0.25, -0.2) is 4.39 Å². The number of halogens is 1. The molecule has 0 aliphatic carbocycles. The number of hydrogen-bond acceptors (Lipinski definition) is 2. The lowest BCUT2D eigenvalue weighted by Gasteiger charge is -2.25. The Hall–Kier alpha value is -0.640.